The van der Waals surface area contributed by atoms with Crippen LogP contribution in [-0.2, 0) is 6.42 Å². The molecule has 0 aliphatic carbocycles. The van der Waals surface area contributed by atoms with Crippen LogP contribution in [0.2, 0.25) is 0 Å². The fraction of sp³-hybridized carbons (Fsp3) is 0.667. The average molecular weight is 229 g/mol. The summed E-state index contributed by atoms with van der Waals surface area (Å²) in [4.78, 5) is 14.4. The number of carboxylic acid groups (broad SMARTS) is 1. The number of rotatable bonds is 5. The summed E-state index contributed by atoms with van der Waals surface area (Å²) in [6.07, 6.45) is -1.28. The van der Waals surface area contributed by atoms with Gasteiger partial charge in [-0.15, -0.1) is 0 Å². The monoisotopic (exact) mass is 229 g/mol. The zero-order chi connectivity index (χ0) is 12.1. The Hall–Kier alpha value is -1.63. The topological polar surface area (TPSA) is 108 Å². The number of amides is 1. The smallest absolute Gasteiger partial charge is 0.404 e. The Kier molecular flexibility index (Phi) is 4.24. The van der Waals surface area contributed by atoms with Crippen LogP contribution < -0.4 is 5.32 Å². The molecule has 0 aliphatic heterocycles. The van der Waals surface area contributed by atoms with E-state index in [2.05, 4.69) is 15.5 Å². The number of nitrogens with one attached hydrogen (secondary N) is 1. The molecular weight excluding hydrogens is 214 g/mol. The highest BCUT2D eigenvalue weighted by molar-refractivity contribution is 5.64. The second kappa shape index (κ2) is 5.45. The molecule has 2 atom stereocenters. The molecule has 3 N–H and O–H groups in total. The number of aliphatic hydroxyl groups is 1. The van der Waals surface area contributed by atoms with Crippen LogP contribution in [0.15, 0.2) is 4.52 Å². The van der Waals surface area contributed by atoms with Gasteiger partial charge in [-0.2, -0.15) is 4.98 Å². The van der Waals surface area contributed by atoms with Gasteiger partial charge in [-0.05, 0) is 6.42 Å². The van der Waals surface area contributed by atoms with Crippen molar-refractivity contribution in [3.8, 4) is 0 Å². The Labute approximate surface area is 92.5 Å². The van der Waals surface area contributed by atoms with Crippen molar-refractivity contribution in [2.24, 2.45) is 0 Å². The van der Waals surface area contributed by atoms with Crippen LogP contribution in [0.4, 0.5) is 4.79 Å². The van der Waals surface area contributed by atoms with Gasteiger partial charge in [-0.1, -0.05) is 19.0 Å². The molecule has 0 spiro atoms. The summed E-state index contributed by atoms with van der Waals surface area (Å²) in [6.45, 7) is 3.60. The molecule has 1 rings (SSSR count). The molecule has 0 radical (unpaired) electrons. The molecule has 1 aromatic heterocycles. The van der Waals surface area contributed by atoms with Crippen LogP contribution in [0.5, 0.6) is 0 Å². The minimum Gasteiger partial charge on any atom is -0.465 e. The maximum absolute atomic E-state index is 10.5. The maximum Gasteiger partial charge on any atom is 0.404 e. The highest BCUT2D eigenvalue weighted by atomic mass is 16.5. The van der Waals surface area contributed by atoms with Crippen molar-refractivity contribution in [2.45, 2.75) is 38.8 Å². The summed E-state index contributed by atoms with van der Waals surface area (Å²) in [5.41, 5.74) is 0. The van der Waals surface area contributed by atoms with E-state index < -0.39 is 18.2 Å². The van der Waals surface area contributed by atoms with E-state index in [1.807, 2.05) is 6.92 Å². The number of nitrogens with zero attached hydrogens (tertiary/aromatic N) is 2. The summed E-state index contributed by atoms with van der Waals surface area (Å²) in [5.74, 6) is 0.525. The van der Waals surface area contributed by atoms with Crippen LogP contribution in [-0.4, -0.2) is 32.5 Å². The summed E-state index contributed by atoms with van der Waals surface area (Å²) in [7, 11) is 0. The van der Waals surface area contributed by atoms with E-state index in [4.69, 9.17) is 9.63 Å². The van der Waals surface area contributed by atoms with Gasteiger partial charge in [0.15, 0.2) is 0 Å². The highest BCUT2D eigenvalue weighted by Crippen LogP contribution is 2.16. The van der Waals surface area contributed by atoms with Crippen molar-refractivity contribution in [1.82, 2.24) is 15.5 Å². The summed E-state index contributed by atoms with van der Waals surface area (Å²) in [5, 5.41) is 24.2. The summed E-state index contributed by atoms with van der Waals surface area (Å²) in [6, 6.07) is -0.639. The van der Waals surface area contributed by atoms with Gasteiger partial charge in [-0.25, -0.2) is 4.79 Å². The molecule has 1 amide bonds. The van der Waals surface area contributed by atoms with Crippen molar-refractivity contribution >= 4 is 6.09 Å². The molecule has 0 fully saturated rings. The predicted octanol–water partition coefficient (Wildman–Crippen LogP) is 0.712. The lowest BCUT2D eigenvalue weighted by Gasteiger charge is -2.18. The van der Waals surface area contributed by atoms with Crippen molar-refractivity contribution in [3.63, 3.8) is 0 Å². The molecule has 7 heteroatoms. The van der Waals surface area contributed by atoms with Crippen LogP contribution in [0.25, 0.3) is 0 Å². The van der Waals surface area contributed by atoms with E-state index >= 15 is 0 Å². The molecule has 90 valence electrons. The van der Waals surface area contributed by atoms with Crippen LogP contribution >= 0.6 is 0 Å². The van der Waals surface area contributed by atoms with Gasteiger partial charge >= 0.3 is 6.09 Å². The quantitative estimate of drug-likeness (QED) is 0.686. The van der Waals surface area contributed by atoms with Gasteiger partial charge in [0.05, 0.1) is 6.04 Å². The minimum absolute atomic E-state index is 0.109. The van der Waals surface area contributed by atoms with Gasteiger partial charge in [0.2, 0.25) is 11.7 Å². The first kappa shape index (κ1) is 12.4. The standard InChI is InChI=1S/C9H15N3O4/c1-3-5(10-9(14)15)7(13)8-11-6(4-2)16-12-8/h5,7,10,13H,3-4H2,1-2H3,(H,14,15)/t5-,7?/m0/s1. The fourth-order valence-electron chi connectivity index (χ4n) is 1.27. The first-order chi connectivity index (χ1) is 7.58. The third-order valence-corrected chi connectivity index (χ3v) is 2.18. The second-order valence-electron chi connectivity index (χ2n) is 3.31. The first-order valence-electron chi connectivity index (χ1n) is 5.08. The van der Waals surface area contributed by atoms with E-state index in [-0.39, 0.29) is 5.82 Å². The fourth-order valence-corrected chi connectivity index (χ4v) is 1.27. The second-order valence-corrected chi connectivity index (χ2v) is 3.31. The van der Waals surface area contributed by atoms with Gasteiger partial charge in [0.1, 0.15) is 6.10 Å². The van der Waals surface area contributed by atoms with Crippen LogP contribution in [0.3, 0.4) is 0 Å². The zero-order valence-corrected chi connectivity index (χ0v) is 9.17. The maximum atomic E-state index is 10.5. The van der Waals surface area contributed by atoms with E-state index in [0.29, 0.717) is 18.7 Å². The van der Waals surface area contributed by atoms with E-state index in [0.717, 1.165) is 0 Å². The molecule has 1 heterocycles. The van der Waals surface area contributed by atoms with Crippen LogP contribution in [0, 0.1) is 0 Å². The van der Waals surface area contributed by atoms with Gasteiger partial charge in [0, 0.05) is 6.42 Å². The molecule has 0 bridgehead atoms. The summed E-state index contributed by atoms with van der Waals surface area (Å²) < 4.78 is 4.84. The average Bonchev–Trinajstić information content (AvgIpc) is 2.73. The molecule has 0 saturated carbocycles. The number of hydrogen-bond donors (Lipinski definition) is 3. The van der Waals surface area contributed by atoms with E-state index in [9.17, 15) is 9.90 Å². The number of hydrogen-bond acceptors (Lipinski definition) is 5. The summed E-state index contributed by atoms with van der Waals surface area (Å²) >= 11 is 0. The number of aliphatic hydroxyl groups excluding tert-OH is 1. The molecule has 1 unspecified atom stereocenters. The zero-order valence-electron chi connectivity index (χ0n) is 9.17. The van der Waals surface area contributed by atoms with Crippen molar-refractivity contribution in [3.05, 3.63) is 11.7 Å². The van der Waals surface area contributed by atoms with E-state index in [1.54, 1.807) is 6.92 Å². The van der Waals surface area contributed by atoms with Crippen molar-refractivity contribution < 1.29 is 19.5 Å². The van der Waals surface area contributed by atoms with Gasteiger partial charge < -0.3 is 20.1 Å². The lowest BCUT2D eigenvalue weighted by molar-refractivity contribution is 0.109. The third-order valence-electron chi connectivity index (χ3n) is 2.18. The SMILES string of the molecule is CCc1nc(C(O)[C@H](CC)NC(=O)O)no1. The van der Waals surface area contributed by atoms with Gasteiger partial charge in [0.25, 0.3) is 0 Å². The van der Waals surface area contributed by atoms with Crippen molar-refractivity contribution in [2.75, 3.05) is 0 Å². The molecule has 16 heavy (non-hydrogen) atoms. The highest BCUT2D eigenvalue weighted by Gasteiger charge is 2.25. The minimum atomic E-state index is -1.19. The lowest BCUT2D eigenvalue weighted by atomic mass is 10.1. The molecule has 0 aliphatic rings. The Balaban J connectivity index is 2.73. The molecule has 0 saturated heterocycles. The number of aromatic nitrogens is 2. The Morgan fingerprint density at radius 1 is 1.56 bits per heavy atom. The number of carbonyl (C=O) groups is 1. The predicted molar refractivity (Wildman–Crippen MR) is 53.9 cm³/mol. The molecule has 0 aromatic carbocycles. The normalized spacial score (nSPS) is 14.4. The van der Waals surface area contributed by atoms with Crippen LogP contribution in [0.1, 0.15) is 38.1 Å². The molecule has 7 nitrogen and oxygen atoms in total. The Morgan fingerprint density at radius 3 is 2.69 bits per heavy atom. The third kappa shape index (κ3) is 2.93. The Bertz CT molecular complexity index is 352. The molecule has 1 aromatic rings. The lowest BCUT2D eigenvalue weighted by Crippen LogP contribution is -2.38. The number of aryl methyl sites for hydroxylation is 1. The van der Waals surface area contributed by atoms with E-state index in [1.165, 1.54) is 0 Å². The first-order valence-corrected chi connectivity index (χ1v) is 5.08. The van der Waals surface area contributed by atoms with Gasteiger partial charge in [-0.3, -0.25) is 0 Å². The molecular formula is C9H15N3O4. The van der Waals surface area contributed by atoms with Crippen molar-refractivity contribution in [1.29, 1.82) is 0 Å². The Morgan fingerprint density at radius 2 is 2.25 bits per heavy atom. The largest absolute Gasteiger partial charge is 0.465 e.